The molecule has 0 aliphatic carbocycles. The van der Waals surface area contributed by atoms with Crippen LogP contribution in [0.15, 0.2) is 87.9 Å². The van der Waals surface area contributed by atoms with E-state index in [1.807, 2.05) is 0 Å². The second-order valence-electron chi connectivity index (χ2n) is 8.15. The van der Waals surface area contributed by atoms with Gasteiger partial charge in [0.2, 0.25) is 0 Å². The molecule has 10 nitrogen and oxygen atoms in total. The number of carbonyl (C=O) groups excluding carboxylic acids is 1. The fourth-order valence-electron chi connectivity index (χ4n) is 3.53. The van der Waals surface area contributed by atoms with Crippen LogP contribution in [0.25, 0.3) is 10.8 Å². The maximum absolute atomic E-state index is 12.7. The molecule has 11 heteroatoms. The van der Waals surface area contributed by atoms with Crippen LogP contribution in [-0.4, -0.2) is 37.2 Å². The average molecular weight is 521 g/mol. The van der Waals surface area contributed by atoms with Gasteiger partial charge in [0.25, 0.3) is 16.0 Å². The van der Waals surface area contributed by atoms with Crippen LogP contribution in [0.1, 0.15) is 15.9 Å². The van der Waals surface area contributed by atoms with E-state index < -0.39 is 10.1 Å². The molecule has 0 aromatic heterocycles. The molecular formula is C26H24N4O6S. The maximum atomic E-state index is 12.7. The van der Waals surface area contributed by atoms with E-state index in [1.54, 1.807) is 67.6 Å². The minimum Gasteiger partial charge on any atom is -0.489 e. The van der Waals surface area contributed by atoms with Crippen LogP contribution in [0.2, 0.25) is 0 Å². The molecule has 4 aromatic rings. The van der Waals surface area contributed by atoms with Crippen molar-refractivity contribution in [3.8, 4) is 5.75 Å². The molecule has 0 radical (unpaired) electrons. The van der Waals surface area contributed by atoms with Gasteiger partial charge in [-0.1, -0.05) is 12.1 Å². The quantitative estimate of drug-likeness (QED) is 0.144. The molecule has 0 saturated carbocycles. The Bertz CT molecular complexity index is 1600. The highest BCUT2D eigenvalue weighted by atomic mass is 32.2. The van der Waals surface area contributed by atoms with Crippen LogP contribution in [-0.2, 0) is 10.1 Å². The lowest BCUT2D eigenvalue weighted by atomic mass is 10.1. The lowest BCUT2D eigenvalue weighted by Gasteiger charge is -2.14. The molecular weight excluding hydrogens is 496 g/mol. The molecule has 190 valence electrons. The Kier molecular flexibility index (Phi) is 7.48. The number of nitrogens with zero attached hydrogens (tertiary/aromatic N) is 2. The van der Waals surface area contributed by atoms with E-state index in [0.717, 1.165) is 0 Å². The Hall–Kier alpha value is -4.32. The van der Waals surface area contributed by atoms with Gasteiger partial charge in [-0.25, -0.2) is 0 Å². The average Bonchev–Trinajstić information content (AvgIpc) is 2.87. The number of benzene rings is 4. The first-order valence-corrected chi connectivity index (χ1v) is 12.6. The van der Waals surface area contributed by atoms with Crippen molar-refractivity contribution >= 4 is 49.5 Å². The number of nitrogens with two attached hydrogens (primary N) is 1. The van der Waals surface area contributed by atoms with Crippen molar-refractivity contribution < 1.29 is 27.6 Å². The molecule has 4 aromatic carbocycles. The smallest absolute Gasteiger partial charge is 0.294 e. The fourth-order valence-corrected chi connectivity index (χ4v) is 4.05. The number of nitrogen functional groups attached to an aromatic ring is 1. The number of nitrogens with one attached hydrogen (secondary N) is 1. The molecule has 0 bridgehead atoms. The largest absolute Gasteiger partial charge is 0.489 e. The van der Waals surface area contributed by atoms with Gasteiger partial charge in [-0.15, -0.1) is 0 Å². The summed E-state index contributed by atoms with van der Waals surface area (Å²) in [6.07, 6.45) is 0. The molecule has 1 amide bonds. The van der Waals surface area contributed by atoms with Gasteiger partial charge in [0.05, 0.1) is 28.6 Å². The summed E-state index contributed by atoms with van der Waals surface area (Å²) in [5.74, 6) is -0.0374. The summed E-state index contributed by atoms with van der Waals surface area (Å²) in [4.78, 5) is 12.5. The number of aliphatic hydroxyl groups excluding tert-OH is 1. The van der Waals surface area contributed by atoms with Crippen molar-refractivity contribution in [2.24, 2.45) is 10.2 Å². The van der Waals surface area contributed by atoms with Gasteiger partial charge in [-0.3, -0.25) is 9.35 Å². The molecule has 0 saturated heterocycles. The number of rotatable bonds is 8. The molecule has 0 spiro atoms. The number of hydrogen-bond donors (Lipinski definition) is 4. The first-order chi connectivity index (χ1) is 17.6. The highest BCUT2D eigenvalue weighted by Crippen LogP contribution is 2.35. The second-order valence-corrected chi connectivity index (χ2v) is 9.57. The number of azo groups is 1. The van der Waals surface area contributed by atoms with Gasteiger partial charge in [-0.05, 0) is 77.9 Å². The highest BCUT2D eigenvalue weighted by Gasteiger charge is 2.14. The number of anilines is 2. The van der Waals surface area contributed by atoms with Crippen molar-refractivity contribution in [2.45, 2.75) is 11.8 Å². The monoisotopic (exact) mass is 520 g/mol. The first-order valence-electron chi connectivity index (χ1n) is 11.1. The zero-order valence-corrected chi connectivity index (χ0v) is 20.6. The molecule has 0 aliphatic rings. The molecule has 0 aliphatic heterocycles. The van der Waals surface area contributed by atoms with E-state index >= 15 is 0 Å². The summed E-state index contributed by atoms with van der Waals surface area (Å²) in [7, 11) is -4.30. The SMILES string of the molecule is Cc1cc(NC(=O)c2ccc(N)cc2)c(OCCO)cc1N=Nc1ccc2cc(S(=O)(=O)O)ccc2c1. The second kappa shape index (κ2) is 10.7. The molecule has 4 rings (SSSR count). The number of ether oxygens (including phenoxy) is 1. The Morgan fingerprint density at radius 3 is 2.38 bits per heavy atom. The van der Waals surface area contributed by atoms with Crippen LogP contribution in [0.5, 0.6) is 5.75 Å². The third-order valence-electron chi connectivity index (χ3n) is 5.43. The summed E-state index contributed by atoms with van der Waals surface area (Å²) < 4.78 is 37.6. The predicted molar refractivity (Wildman–Crippen MR) is 141 cm³/mol. The van der Waals surface area contributed by atoms with Gasteiger partial charge < -0.3 is 20.9 Å². The van der Waals surface area contributed by atoms with Crippen LogP contribution < -0.4 is 15.8 Å². The van der Waals surface area contributed by atoms with Crippen molar-refractivity contribution in [1.82, 2.24) is 0 Å². The van der Waals surface area contributed by atoms with Gasteiger partial charge in [-0.2, -0.15) is 18.6 Å². The zero-order valence-electron chi connectivity index (χ0n) is 19.7. The zero-order chi connectivity index (χ0) is 26.6. The third-order valence-corrected chi connectivity index (χ3v) is 6.28. The molecule has 0 fully saturated rings. The van der Waals surface area contributed by atoms with Crippen molar-refractivity contribution in [1.29, 1.82) is 0 Å². The molecule has 0 heterocycles. The lowest BCUT2D eigenvalue weighted by molar-refractivity contribution is 0.102. The van der Waals surface area contributed by atoms with Crippen LogP contribution in [0, 0.1) is 6.92 Å². The van der Waals surface area contributed by atoms with Gasteiger partial charge in [0.15, 0.2) is 0 Å². The summed E-state index contributed by atoms with van der Waals surface area (Å²) in [6, 6.07) is 19.1. The van der Waals surface area contributed by atoms with Gasteiger partial charge in [0, 0.05) is 17.3 Å². The highest BCUT2D eigenvalue weighted by molar-refractivity contribution is 7.85. The van der Waals surface area contributed by atoms with Gasteiger partial charge in [0.1, 0.15) is 12.4 Å². The van der Waals surface area contributed by atoms with E-state index in [1.165, 1.54) is 12.1 Å². The lowest BCUT2D eigenvalue weighted by Crippen LogP contribution is -2.14. The number of hydrogen-bond acceptors (Lipinski definition) is 8. The topological polar surface area (TPSA) is 164 Å². The predicted octanol–water partition coefficient (Wildman–Crippen LogP) is 5.02. The fraction of sp³-hybridized carbons (Fsp3) is 0.115. The molecule has 0 atom stereocenters. The Balaban J connectivity index is 1.61. The Labute approximate surface area is 213 Å². The van der Waals surface area contributed by atoms with E-state index in [-0.39, 0.29) is 24.0 Å². The minimum absolute atomic E-state index is 0.0145. The van der Waals surface area contributed by atoms with Gasteiger partial charge >= 0.3 is 0 Å². The Morgan fingerprint density at radius 2 is 1.68 bits per heavy atom. The number of aryl methyl sites for hydroxylation is 1. The Morgan fingerprint density at radius 1 is 0.973 bits per heavy atom. The van der Waals surface area contributed by atoms with E-state index in [0.29, 0.717) is 50.4 Å². The van der Waals surface area contributed by atoms with Crippen molar-refractivity contribution in [3.05, 3.63) is 83.9 Å². The third kappa shape index (κ3) is 6.28. The molecule has 5 N–H and O–H groups in total. The standard InChI is InChI=1S/C26H24N4O6S/c1-16-12-24(28-26(32)17-2-6-20(27)7-3-17)25(36-11-10-31)15-23(16)30-29-21-8-4-19-14-22(37(33,34)35)9-5-18(19)13-21/h2-9,12-15,31H,10-11,27H2,1H3,(H,28,32)(H,33,34,35). The van der Waals surface area contributed by atoms with E-state index in [9.17, 15) is 22.9 Å². The van der Waals surface area contributed by atoms with Crippen LogP contribution in [0.4, 0.5) is 22.7 Å². The van der Waals surface area contributed by atoms with E-state index in [2.05, 4.69) is 15.5 Å². The normalized spacial score (nSPS) is 11.6. The number of fused-ring (bicyclic) bond motifs is 1. The summed E-state index contributed by atoms with van der Waals surface area (Å²) >= 11 is 0. The number of aliphatic hydroxyl groups is 1. The number of carbonyl (C=O) groups is 1. The maximum Gasteiger partial charge on any atom is 0.294 e. The van der Waals surface area contributed by atoms with Crippen LogP contribution in [0.3, 0.4) is 0 Å². The van der Waals surface area contributed by atoms with E-state index in [4.69, 9.17) is 10.5 Å². The minimum atomic E-state index is -4.30. The first kappa shape index (κ1) is 25.8. The summed E-state index contributed by atoms with van der Waals surface area (Å²) in [5, 5.41) is 22.0. The summed E-state index contributed by atoms with van der Waals surface area (Å²) in [5.41, 5.74) is 8.78. The summed E-state index contributed by atoms with van der Waals surface area (Å²) in [6.45, 7) is 1.60. The number of amides is 1. The van der Waals surface area contributed by atoms with Crippen molar-refractivity contribution in [2.75, 3.05) is 24.3 Å². The van der Waals surface area contributed by atoms with Crippen molar-refractivity contribution in [3.63, 3.8) is 0 Å². The molecule has 0 unspecified atom stereocenters. The van der Waals surface area contributed by atoms with Crippen LogP contribution >= 0.6 is 0 Å². The molecule has 37 heavy (non-hydrogen) atoms.